The van der Waals surface area contributed by atoms with Crippen LogP contribution in [-0.2, 0) is 6.54 Å². The van der Waals surface area contributed by atoms with Crippen molar-refractivity contribution in [3.63, 3.8) is 0 Å². The maximum absolute atomic E-state index is 11.4. The normalized spacial score (nSPS) is 16.3. The van der Waals surface area contributed by atoms with E-state index in [0.717, 1.165) is 36.2 Å². The molecule has 0 spiro atoms. The van der Waals surface area contributed by atoms with Crippen molar-refractivity contribution in [2.24, 2.45) is 11.7 Å². The second kappa shape index (κ2) is 6.51. The van der Waals surface area contributed by atoms with E-state index >= 15 is 0 Å². The van der Waals surface area contributed by atoms with Gasteiger partial charge in [0, 0.05) is 6.54 Å². The van der Waals surface area contributed by atoms with Gasteiger partial charge in [-0.1, -0.05) is 23.2 Å². The van der Waals surface area contributed by atoms with E-state index in [1.807, 2.05) is 4.57 Å². The zero-order chi connectivity index (χ0) is 15.9. The van der Waals surface area contributed by atoms with Crippen molar-refractivity contribution >= 4 is 62.7 Å². The Bertz CT molecular complexity index is 740. The zero-order valence-corrected chi connectivity index (χ0v) is 15.4. The molecule has 3 rings (SSSR count). The third-order valence-corrected chi connectivity index (χ3v) is 6.10. The highest BCUT2D eigenvalue weighted by Crippen LogP contribution is 2.36. The van der Waals surface area contributed by atoms with Crippen LogP contribution in [0.15, 0.2) is 6.07 Å². The maximum Gasteiger partial charge on any atom is 0.267 e. The summed E-state index contributed by atoms with van der Waals surface area (Å²) >= 11 is 14.9. The summed E-state index contributed by atoms with van der Waals surface area (Å²) in [5.74, 6) is -0.0382. The molecule has 8 heteroatoms. The van der Waals surface area contributed by atoms with E-state index in [1.165, 1.54) is 6.07 Å². The molecule has 5 nitrogen and oxygen atoms in total. The fraction of sp³-hybridized carbons (Fsp3) is 0.429. The number of halogens is 3. The number of primary amides is 1. The summed E-state index contributed by atoms with van der Waals surface area (Å²) < 4.78 is 2.94. The fourth-order valence-electron chi connectivity index (χ4n) is 2.83. The molecule has 1 amide bonds. The van der Waals surface area contributed by atoms with E-state index in [2.05, 4.69) is 32.9 Å². The Morgan fingerprint density at radius 2 is 2.14 bits per heavy atom. The van der Waals surface area contributed by atoms with Gasteiger partial charge in [-0.05, 0) is 60.5 Å². The second-order valence-electron chi connectivity index (χ2n) is 5.46. The van der Waals surface area contributed by atoms with E-state index in [0.29, 0.717) is 27.0 Å². The summed E-state index contributed by atoms with van der Waals surface area (Å²) in [6.07, 6.45) is 2.22. The molecule has 1 fully saturated rings. The summed E-state index contributed by atoms with van der Waals surface area (Å²) in [5.41, 5.74) is 6.14. The molecule has 0 bridgehead atoms. The van der Waals surface area contributed by atoms with Gasteiger partial charge in [-0.3, -0.25) is 4.79 Å². The van der Waals surface area contributed by atoms with E-state index in [-0.39, 0.29) is 5.69 Å². The standard InChI is InChI=1S/C14H15Cl2IN4O/c15-8-5-9(13(18)22)20-14-10(8)11(16)12(17)21(14)6-7-1-3-19-4-2-7/h5,7,19H,1-4,6H2,(H2,18,22). The number of aromatic nitrogens is 2. The first-order chi connectivity index (χ1) is 10.5. The van der Waals surface area contributed by atoms with Gasteiger partial charge in [0.25, 0.3) is 5.91 Å². The number of hydrogen-bond donors (Lipinski definition) is 2. The molecule has 1 aliphatic rings. The van der Waals surface area contributed by atoms with E-state index < -0.39 is 5.91 Å². The van der Waals surface area contributed by atoms with Crippen LogP contribution >= 0.6 is 45.8 Å². The molecular formula is C14H15Cl2IN4O. The largest absolute Gasteiger partial charge is 0.364 e. The Labute approximate surface area is 151 Å². The Balaban J connectivity index is 2.11. The maximum atomic E-state index is 11.4. The third-order valence-electron chi connectivity index (χ3n) is 4.00. The first-order valence-corrected chi connectivity index (χ1v) is 8.86. The number of nitrogens with one attached hydrogen (secondary N) is 1. The predicted molar refractivity (Wildman–Crippen MR) is 96.6 cm³/mol. The number of rotatable bonds is 3. The van der Waals surface area contributed by atoms with Gasteiger partial charge in [-0.25, -0.2) is 4.98 Å². The van der Waals surface area contributed by atoms with Crippen LogP contribution in [0.25, 0.3) is 11.0 Å². The van der Waals surface area contributed by atoms with Crippen LogP contribution in [0, 0.1) is 9.62 Å². The molecule has 3 N–H and O–H groups in total. The van der Waals surface area contributed by atoms with Gasteiger partial charge in [-0.2, -0.15) is 0 Å². The Morgan fingerprint density at radius 1 is 1.45 bits per heavy atom. The van der Waals surface area contributed by atoms with Gasteiger partial charge in [-0.15, -0.1) is 0 Å². The third kappa shape index (κ3) is 2.93. The van der Waals surface area contributed by atoms with Gasteiger partial charge in [0.05, 0.1) is 15.4 Å². The van der Waals surface area contributed by atoms with Crippen molar-refractivity contribution in [2.45, 2.75) is 19.4 Å². The number of carbonyl (C=O) groups is 1. The average molecular weight is 453 g/mol. The fourth-order valence-corrected chi connectivity index (χ4v) is 4.14. The summed E-state index contributed by atoms with van der Waals surface area (Å²) in [7, 11) is 0. The van der Waals surface area contributed by atoms with Crippen molar-refractivity contribution in [1.82, 2.24) is 14.9 Å². The van der Waals surface area contributed by atoms with Gasteiger partial charge < -0.3 is 15.6 Å². The van der Waals surface area contributed by atoms with Crippen LogP contribution in [-0.4, -0.2) is 28.5 Å². The smallest absolute Gasteiger partial charge is 0.267 e. The van der Waals surface area contributed by atoms with Crippen molar-refractivity contribution < 1.29 is 4.79 Å². The number of hydrogen-bond acceptors (Lipinski definition) is 3. The average Bonchev–Trinajstić information content (AvgIpc) is 2.73. The molecule has 0 atom stereocenters. The minimum Gasteiger partial charge on any atom is -0.364 e. The van der Waals surface area contributed by atoms with E-state index in [9.17, 15) is 4.79 Å². The Kier molecular flexibility index (Phi) is 4.82. The first-order valence-electron chi connectivity index (χ1n) is 7.03. The number of nitrogens with zero attached hydrogens (tertiary/aromatic N) is 2. The highest BCUT2D eigenvalue weighted by molar-refractivity contribution is 14.1. The molecule has 0 aromatic carbocycles. The quantitative estimate of drug-likeness (QED) is 0.703. The van der Waals surface area contributed by atoms with Crippen LogP contribution in [0.1, 0.15) is 23.3 Å². The van der Waals surface area contributed by atoms with Crippen molar-refractivity contribution in [3.8, 4) is 0 Å². The van der Waals surface area contributed by atoms with Gasteiger partial charge in [0.2, 0.25) is 0 Å². The lowest BCUT2D eigenvalue weighted by atomic mass is 9.98. The summed E-state index contributed by atoms with van der Waals surface area (Å²) in [6, 6.07) is 1.48. The molecule has 0 saturated carbocycles. The van der Waals surface area contributed by atoms with Crippen molar-refractivity contribution in [1.29, 1.82) is 0 Å². The molecular weight excluding hydrogens is 438 g/mol. The van der Waals surface area contributed by atoms with Crippen LogP contribution in [0.5, 0.6) is 0 Å². The molecule has 2 aromatic rings. The van der Waals surface area contributed by atoms with E-state index in [4.69, 9.17) is 28.9 Å². The zero-order valence-electron chi connectivity index (χ0n) is 11.7. The molecule has 0 radical (unpaired) electrons. The van der Waals surface area contributed by atoms with Crippen molar-refractivity contribution in [3.05, 3.63) is 25.5 Å². The highest BCUT2D eigenvalue weighted by atomic mass is 127. The first kappa shape index (κ1) is 16.3. The predicted octanol–water partition coefficient (Wildman–Crippen LogP) is 3.05. The summed E-state index contributed by atoms with van der Waals surface area (Å²) in [6.45, 7) is 2.86. The molecule has 2 aromatic heterocycles. The topological polar surface area (TPSA) is 72.9 Å². The van der Waals surface area contributed by atoms with E-state index in [1.54, 1.807) is 0 Å². The van der Waals surface area contributed by atoms with Crippen LogP contribution in [0.4, 0.5) is 0 Å². The molecule has 1 saturated heterocycles. The second-order valence-corrected chi connectivity index (χ2v) is 7.27. The summed E-state index contributed by atoms with van der Waals surface area (Å²) in [4.78, 5) is 15.8. The minimum absolute atomic E-state index is 0.162. The molecule has 118 valence electrons. The minimum atomic E-state index is -0.593. The number of amides is 1. The van der Waals surface area contributed by atoms with Crippen LogP contribution in [0.2, 0.25) is 10.0 Å². The molecule has 0 aliphatic carbocycles. The monoisotopic (exact) mass is 452 g/mol. The Hall–Kier alpha value is -0.570. The molecule has 3 heterocycles. The number of piperidine rings is 1. The molecule has 22 heavy (non-hydrogen) atoms. The number of nitrogens with two attached hydrogens (primary N) is 1. The lowest BCUT2D eigenvalue weighted by molar-refractivity contribution is 0.0996. The SMILES string of the molecule is NC(=O)c1cc(Cl)c2c(Cl)c(I)n(CC3CCNCC3)c2n1. The lowest BCUT2D eigenvalue weighted by Crippen LogP contribution is -2.30. The van der Waals surface area contributed by atoms with Gasteiger partial charge in [0.15, 0.2) is 0 Å². The highest BCUT2D eigenvalue weighted by Gasteiger charge is 2.22. The molecule has 1 aliphatic heterocycles. The lowest BCUT2D eigenvalue weighted by Gasteiger charge is -2.23. The summed E-state index contributed by atoms with van der Waals surface area (Å²) in [5, 5.41) is 5.03. The van der Waals surface area contributed by atoms with Crippen LogP contribution < -0.4 is 11.1 Å². The number of fused-ring (bicyclic) bond motifs is 1. The van der Waals surface area contributed by atoms with Crippen molar-refractivity contribution in [2.75, 3.05) is 13.1 Å². The number of pyridine rings is 1. The van der Waals surface area contributed by atoms with Gasteiger partial charge >= 0.3 is 0 Å². The Morgan fingerprint density at radius 3 is 2.77 bits per heavy atom. The van der Waals surface area contributed by atoms with Crippen LogP contribution in [0.3, 0.4) is 0 Å². The molecule has 0 unspecified atom stereocenters. The number of carbonyl (C=O) groups excluding carboxylic acids is 1. The van der Waals surface area contributed by atoms with Gasteiger partial charge in [0.1, 0.15) is 15.0 Å².